The first-order valence-corrected chi connectivity index (χ1v) is 7.26. The molecule has 3 nitrogen and oxygen atoms in total. The SMILES string of the molecule is COC(C(C#N)=NC(C)(C)CC(C)(C)C)c1ccccc1. The molecule has 0 bridgehead atoms. The fraction of sp³-hybridized carbons (Fsp3) is 0.556. The second kappa shape index (κ2) is 6.87. The zero-order valence-corrected chi connectivity index (χ0v) is 14.0. The maximum Gasteiger partial charge on any atom is 0.146 e. The molecule has 1 atom stereocenters. The van der Waals surface area contributed by atoms with Gasteiger partial charge < -0.3 is 4.74 Å². The molecule has 0 saturated carbocycles. The molecule has 21 heavy (non-hydrogen) atoms. The molecule has 0 fully saturated rings. The number of rotatable bonds is 5. The lowest BCUT2D eigenvalue weighted by Gasteiger charge is -2.30. The lowest BCUT2D eigenvalue weighted by Crippen LogP contribution is -2.28. The molecular weight excluding hydrogens is 260 g/mol. The molecule has 1 rings (SSSR count). The predicted octanol–water partition coefficient (Wildman–Crippen LogP) is 4.55. The minimum absolute atomic E-state index is 0.156. The van der Waals surface area contributed by atoms with E-state index in [-0.39, 0.29) is 11.0 Å². The number of aliphatic imine (C=N–C) groups is 1. The summed E-state index contributed by atoms with van der Waals surface area (Å²) in [4.78, 5) is 4.69. The highest BCUT2D eigenvalue weighted by atomic mass is 16.5. The molecule has 0 saturated heterocycles. The minimum Gasteiger partial charge on any atom is -0.370 e. The summed E-state index contributed by atoms with van der Waals surface area (Å²) in [5, 5.41) is 9.49. The van der Waals surface area contributed by atoms with Gasteiger partial charge in [-0.1, -0.05) is 51.1 Å². The molecule has 0 N–H and O–H groups in total. The smallest absolute Gasteiger partial charge is 0.146 e. The summed E-state index contributed by atoms with van der Waals surface area (Å²) >= 11 is 0. The molecule has 1 aromatic rings. The van der Waals surface area contributed by atoms with Crippen molar-refractivity contribution < 1.29 is 4.74 Å². The maximum absolute atomic E-state index is 9.49. The van der Waals surface area contributed by atoms with Gasteiger partial charge in [-0.05, 0) is 31.2 Å². The number of hydrogen-bond donors (Lipinski definition) is 0. The Kier molecular flexibility index (Phi) is 5.69. The third-order valence-corrected chi connectivity index (χ3v) is 3.09. The van der Waals surface area contributed by atoms with Gasteiger partial charge in [-0.15, -0.1) is 0 Å². The van der Waals surface area contributed by atoms with E-state index >= 15 is 0 Å². The molecule has 0 heterocycles. The van der Waals surface area contributed by atoms with Crippen molar-refractivity contribution in [3.05, 3.63) is 35.9 Å². The average molecular weight is 286 g/mol. The van der Waals surface area contributed by atoms with Gasteiger partial charge in [-0.25, -0.2) is 0 Å². The third-order valence-electron chi connectivity index (χ3n) is 3.09. The molecule has 0 radical (unpaired) electrons. The van der Waals surface area contributed by atoms with E-state index in [1.165, 1.54) is 0 Å². The Morgan fingerprint density at radius 3 is 2.19 bits per heavy atom. The number of hydrogen-bond acceptors (Lipinski definition) is 3. The summed E-state index contributed by atoms with van der Waals surface area (Å²) < 4.78 is 5.51. The molecule has 0 aliphatic heterocycles. The van der Waals surface area contributed by atoms with Gasteiger partial charge in [0.05, 0.1) is 5.54 Å². The van der Waals surface area contributed by atoms with Crippen LogP contribution in [0.2, 0.25) is 0 Å². The first-order valence-electron chi connectivity index (χ1n) is 7.26. The Morgan fingerprint density at radius 1 is 1.19 bits per heavy atom. The summed E-state index contributed by atoms with van der Waals surface area (Å²) in [6, 6.07) is 12.0. The maximum atomic E-state index is 9.49. The first kappa shape index (κ1) is 17.4. The molecule has 3 heteroatoms. The van der Waals surface area contributed by atoms with Crippen LogP contribution in [0.3, 0.4) is 0 Å². The Hall–Kier alpha value is -1.66. The Morgan fingerprint density at radius 2 is 1.76 bits per heavy atom. The number of methoxy groups -OCH3 is 1. The normalized spacial score (nSPS) is 14.6. The highest BCUT2D eigenvalue weighted by molar-refractivity contribution is 6.02. The van der Waals surface area contributed by atoms with Crippen molar-refractivity contribution in [1.82, 2.24) is 0 Å². The lowest BCUT2D eigenvalue weighted by molar-refractivity contribution is 0.157. The molecule has 1 aromatic carbocycles. The minimum atomic E-state index is -0.407. The van der Waals surface area contributed by atoms with Crippen molar-refractivity contribution in [1.29, 1.82) is 5.26 Å². The van der Waals surface area contributed by atoms with E-state index in [0.717, 1.165) is 12.0 Å². The van der Waals surface area contributed by atoms with E-state index < -0.39 is 6.10 Å². The summed E-state index contributed by atoms with van der Waals surface area (Å²) in [5.41, 5.74) is 1.24. The van der Waals surface area contributed by atoms with Gasteiger partial charge in [0.15, 0.2) is 0 Å². The number of benzene rings is 1. The van der Waals surface area contributed by atoms with Crippen molar-refractivity contribution in [2.45, 2.75) is 52.7 Å². The Labute approximate surface area is 128 Å². The molecule has 1 unspecified atom stereocenters. The zero-order valence-electron chi connectivity index (χ0n) is 14.0. The van der Waals surface area contributed by atoms with Crippen molar-refractivity contribution in [3.63, 3.8) is 0 Å². The van der Waals surface area contributed by atoms with E-state index in [1.54, 1.807) is 7.11 Å². The highest BCUT2D eigenvalue weighted by Crippen LogP contribution is 2.31. The van der Waals surface area contributed by atoms with E-state index in [2.05, 4.69) is 40.7 Å². The van der Waals surface area contributed by atoms with Crippen LogP contribution in [-0.2, 0) is 4.74 Å². The Balaban J connectivity index is 3.11. The molecule has 0 aromatic heterocycles. The van der Waals surface area contributed by atoms with Gasteiger partial charge in [-0.3, -0.25) is 4.99 Å². The van der Waals surface area contributed by atoms with E-state index in [1.807, 2.05) is 30.3 Å². The van der Waals surface area contributed by atoms with Crippen LogP contribution in [-0.4, -0.2) is 18.4 Å². The third kappa shape index (κ3) is 5.69. The summed E-state index contributed by atoms with van der Waals surface area (Å²) in [7, 11) is 1.61. The fourth-order valence-corrected chi connectivity index (χ4v) is 2.84. The standard InChI is InChI=1S/C18H26N2O/c1-17(2,3)13-18(4,5)20-15(12-19)16(21-6)14-10-8-7-9-11-14/h7-11,16H,13H2,1-6H3. The summed E-state index contributed by atoms with van der Waals surface area (Å²) in [5.74, 6) is 0. The van der Waals surface area contributed by atoms with Crippen LogP contribution in [0.15, 0.2) is 35.3 Å². The van der Waals surface area contributed by atoms with Crippen LogP contribution in [0.4, 0.5) is 0 Å². The van der Waals surface area contributed by atoms with Crippen LogP contribution >= 0.6 is 0 Å². The van der Waals surface area contributed by atoms with Crippen molar-refractivity contribution >= 4 is 5.71 Å². The zero-order chi connectivity index (χ0) is 16.1. The lowest BCUT2D eigenvalue weighted by atomic mass is 9.82. The van der Waals surface area contributed by atoms with Crippen molar-refractivity contribution in [3.8, 4) is 6.07 Å². The highest BCUT2D eigenvalue weighted by Gasteiger charge is 2.27. The number of nitriles is 1. The topological polar surface area (TPSA) is 45.4 Å². The molecule has 0 amide bonds. The average Bonchev–Trinajstić information content (AvgIpc) is 2.36. The number of ether oxygens (including phenoxy) is 1. The van der Waals surface area contributed by atoms with Crippen molar-refractivity contribution in [2.24, 2.45) is 10.4 Å². The monoisotopic (exact) mass is 286 g/mol. The molecule has 0 aliphatic rings. The van der Waals surface area contributed by atoms with Crippen LogP contribution in [0.1, 0.15) is 52.7 Å². The predicted molar refractivity (Wildman–Crippen MR) is 87.4 cm³/mol. The molecule has 0 aliphatic carbocycles. The Bertz CT molecular complexity index is 518. The first-order chi connectivity index (χ1) is 9.68. The van der Waals surface area contributed by atoms with Crippen LogP contribution < -0.4 is 0 Å². The van der Waals surface area contributed by atoms with Gasteiger partial charge >= 0.3 is 0 Å². The molecular formula is C18H26N2O. The van der Waals surface area contributed by atoms with E-state index in [0.29, 0.717) is 5.71 Å². The van der Waals surface area contributed by atoms with E-state index in [9.17, 15) is 5.26 Å². The fourth-order valence-electron chi connectivity index (χ4n) is 2.84. The largest absolute Gasteiger partial charge is 0.370 e. The van der Waals surface area contributed by atoms with Crippen LogP contribution in [0, 0.1) is 16.7 Å². The second-order valence-corrected chi connectivity index (χ2v) is 7.19. The molecule has 0 spiro atoms. The summed E-state index contributed by atoms with van der Waals surface area (Å²) in [6.45, 7) is 10.7. The van der Waals surface area contributed by atoms with Gasteiger partial charge in [0.2, 0.25) is 0 Å². The van der Waals surface area contributed by atoms with Gasteiger partial charge in [0.1, 0.15) is 17.9 Å². The van der Waals surface area contributed by atoms with Gasteiger partial charge in [-0.2, -0.15) is 5.26 Å². The second-order valence-electron chi connectivity index (χ2n) is 7.19. The van der Waals surface area contributed by atoms with Gasteiger partial charge in [0.25, 0.3) is 0 Å². The van der Waals surface area contributed by atoms with E-state index in [4.69, 9.17) is 9.73 Å². The summed E-state index contributed by atoms with van der Waals surface area (Å²) in [6.07, 6.45) is 0.492. The van der Waals surface area contributed by atoms with Crippen LogP contribution in [0.25, 0.3) is 0 Å². The van der Waals surface area contributed by atoms with Crippen molar-refractivity contribution in [2.75, 3.05) is 7.11 Å². The van der Waals surface area contributed by atoms with Gasteiger partial charge in [0, 0.05) is 7.11 Å². The number of nitrogens with zero attached hydrogens (tertiary/aromatic N) is 2. The quantitative estimate of drug-likeness (QED) is 0.745. The van der Waals surface area contributed by atoms with Crippen LogP contribution in [0.5, 0.6) is 0 Å². The molecule has 114 valence electrons.